The lowest BCUT2D eigenvalue weighted by Crippen LogP contribution is -2.26. The lowest BCUT2D eigenvalue weighted by atomic mass is 10.1. The molecule has 3 aromatic rings. The van der Waals surface area contributed by atoms with Crippen molar-refractivity contribution in [3.63, 3.8) is 0 Å². The lowest BCUT2D eigenvalue weighted by Gasteiger charge is -2.18. The minimum absolute atomic E-state index is 0.0837. The van der Waals surface area contributed by atoms with Crippen LogP contribution in [0.3, 0.4) is 0 Å². The van der Waals surface area contributed by atoms with Gasteiger partial charge in [0, 0.05) is 31.5 Å². The van der Waals surface area contributed by atoms with Gasteiger partial charge in [0.05, 0.1) is 5.56 Å². The number of carbonyl (C=O) groups excluding carboxylic acids is 1. The third-order valence-electron chi connectivity index (χ3n) is 4.18. The Balaban J connectivity index is 1.74. The van der Waals surface area contributed by atoms with Crippen LogP contribution in [0, 0.1) is 13.8 Å². The van der Waals surface area contributed by atoms with E-state index >= 15 is 0 Å². The summed E-state index contributed by atoms with van der Waals surface area (Å²) in [5.41, 5.74) is 4.98. The Labute approximate surface area is 148 Å². The predicted octanol–water partition coefficient (Wildman–Crippen LogP) is 4.03. The van der Waals surface area contributed by atoms with Crippen molar-refractivity contribution < 1.29 is 4.79 Å². The third-order valence-corrected chi connectivity index (χ3v) is 4.18. The molecule has 0 fully saturated rings. The summed E-state index contributed by atoms with van der Waals surface area (Å²) in [5, 5.41) is 0. The molecule has 4 heteroatoms. The van der Waals surface area contributed by atoms with Crippen LogP contribution in [0.25, 0.3) is 11.4 Å². The second-order valence-electron chi connectivity index (χ2n) is 6.25. The van der Waals surface area contributed by atoms with Gasteiger partial charge in [0.25, 0.3) is 5.91 Å². The molecule has 0 radical (unpaired) electrons. The number of rotatable bonds is 4. The van der Waals surface area contributed by atoms with Gasteiger partial charge in [0.2, 0.25) is 0 Å². The van der Waals surface area contributed by atoms with E-state index < -0.39 is 0 Å². The summed E-state index contributed by atoms with van der Waals surface area (Å²) in [7, 11) is 1.80. The topological polar surface area (TPSA) is 46.1 Å². The number of nitrogens with zero attached hydrogens (tertiary/aromatic N) is 3. The Morgan fingerprint density at radius 3 is 2.32 bits per heavy atom. The van der Waals surface area contributed by atoms with Crippen molar-refractivity contribution in [2.75, 3.05) is 7.05 Å². The highest BCUT2D eigenvalue weighted by molar-refractivity contribution is 5.93. The molecule has 0 atom stereocenters. The number of amides is 1. The standard InChI is InChI=1S/C21H21N3O/c1-15-9-10-18(16(2)11-15)14-24(3)21(25)19-12-22-20(23-13-19)17-7-5-4-6-8-17/h4-13H,14H2,1-3H3. The van der Waals surface area contributed by atoms with Crippen LogP contribution in [-0.2, 0) is 6.54 Å². The molecule has 1 heterocycles. The van der Waals surface area contributed by atoms with Gasteiger partial charge in [-0.15, -0.1) is 0 Å². The minimum atomic E-state index is -0.0837. The summed E-state index contributed by atoms with van der Waals surface area (Å²) in [6.07, 6.45) is 3.19. The van der Waals surface area contributed by atoms with Crippen LogP contribution in [0.1, 0.15) is 27.0 Å². The molecule has 0 aliphatic heterocycles. The summed E-state index contributed by atoms with van der Waals surface area (Å²) < 4.78 is 0. The summed E-state index contributed by atoms with van der Waals surface area (Å²) in [5.74, 6) is 0.536. The van der Waals surface area contributed by atoms with Gasteiger partial charge < -0.3 is 4.90 Å². The molecule has 0 N–H and O–H groups in total. The first-order valence-electron chi connectivity index (χ1n) is 8.23. The maximum absolute atomic E-state index is 12.6. The van der Waals surface area contributed by atoms with Gasteiger partial charge in [-0.05, 0) is 25.0 Å². The van der Waals surface area contributed by atoms with Crippen molar-refractivity contribution in [2.45, 2.75) is 20.4 Å². The molecular formula is C21H21N3O. The van der Waals surface area contributed by atoms with E-state index in [0.29, 0.717) is 17.9 Å². The van der Waals surface area contributed by atoms with E-state index in [1.165, 1.54) is 11.1 Å². The van der Waals surface area contributed by atoms with Crippen LogP contribution < -0.4 is 0 Å². The zero-order valence-corrected chi connectivity index (χ0v) is 14.7. The Kier molecular flexibility index (Phi) is 4.89. The van der Waals surface area contributed by atoms with Gasteiger partial charge in [-0.2, -0.15) is 0 Å². The largest absolute Gasteiger partial charge is 0.337 e. The predicted molar refractivity (Wildman–Crippen MR) is 99.2 cm³/mol. The molecule has 25 heavy (non-hydrogen) atoms. The van der Waals surface area contributed by atoms with E-state index in [1.54, 1.807) is 24.3 Å². The van der Waals surface area contributed by atoms with E-state index in [0.717, 1.165) is 11.1 Å². The Bertz CT molecular complexity index is 873. The molecule has 1 aromatic heterocycles. The van der Waals surface area contributed by atoms with Gasteiger partial charge in [-0.1, -0.05) is 54.1 Å². The number of aromatic nitrogens is 2. The molecule has 0 saturated heterocycles. The monoisotopic (exact) mass is 331 g/mol. The molecule has 0 aliphatic carbocycles. The van der Waals surface area contributed by atoms with Gasteiger partial charge in [-0.25, -0.2) is 9.97 Å². The van der Waals surface area contributed by atoms with Crippen molar-refractivity contribution in [3.05, 3.63) is 83.2 Å². The molecule has 3 rings (SSSR count). The molecule has 2 aromatic carbocycles. The van der Waals surface area contributed by atoms with Crippen molar-refractivity contribution in [2.24, 2.45) is 0 Å². The summed E-state index contributed by atoms with van der Waals surface area (Å²) >= 11 is 0. The first-order chi connectivity index (χ1) is 12.0. The van der Waals surface area contributed by atoms with Crippen LogP contribution in [0.5, 0.6) is 0 Å². The molecule has 0 unspecified atom stereocenters. The number of carbonyl (C=O) groups is 1. The Morgan fingerprint density at radius 1 is 1.00 bits per heavy atom. The minimum Gasteiger partial charge on any atom is -0.337 e. The van der Waals surface area contributed by atoms with Gasteiger partial charge in [0.15, 0.2) is 5.82 Å². The number of aryl methyl sites for hydroxylation is 2. The normalized spacial score (nSPS) is 10.5. The number of hydrogen-bond donors (Lipinski definition) is 0. The first kappa shape index (κ1) is 16.8. The van der Waals surface area contributed by atoms with Crippen LogP contribution in [-0.4, -0.2) is 27.8 Å². The van der Waals surface area contributed by atoms with Gasteiger partial charge in [0.1, 0.15) is 0 Å². The Morgan fingerprint density at radius 2 is 1.68 bits per heavy atom. The van der Waals surface area contributed by atoms with Crippen molar-refractivity contribution in [1.82, 2.24) is 14.9 Å². The maximum atomic E-state index is 12.6. The van der Waals surface area contributed by atoms with E-state index in [9.17, 15) is 4.79 Å². The van der Waals surface area contributed by atoms with Crippen molar-refractivity contribution in [1.29, 1.82) is 0 Å². The molecule has 4 nitrogen and oxygen atoms in total. The first-order valence-corrected chi connectivity index (χ1v) is 8.23. The van der Waals surface area contributed by atoms with Crippen molar-refractivity contribution in [3.8, 4) is 11.4 Å². The highest BCUT2D eigenvalue weighted by atomic mass is 16.2. The lowest BCUT2D eigenvalue weighted by molar-refractivity contribution is 0.0784. The smallest absolute Gasteiger partial charge is 0.257 e. The number of benzene rings is 2. The summed E-state index contributed by atoms with van der Waals surface area (Å²) in [6, 6.07) is 16.0. The average molecular weight is 331 g/mol. The van der Waals surface area contributed by atoms with Crippen LogP contribution in [0.4, 0.5) is 0 Å². The molecular weight excluding hydrogens is 310 g/mol. The van der Waals surface area contributed by atoms with E-state index in [-0.39, 0.29) is 5.91 Å². The quantitative estimate of drug-likeness (QED) is 0.725. The third kappa shape index (κ3) is 3.91. The van der Waals surface area contributed by atoms with E-state index in [1.807, 2.05) is 30.3 Å². The zero-order chi connectivity index (χ0) is 17.8. The molecule has 126 valence electrons. The molecule has 1 amide bonds. The van der Waals surface area contributed by atoms with Crippen LogP contribution in [0.2, 0.25) is 0 Å². The fourth-order valence-corrected chi connectivity index (χ4v) is 2.75. The van der Waals surface area contributed by atoms with E-state index in [2.05, 4.69) is 42.0 Å². The van der Waals surface area contributed by atoms with Crippen molar-refractivity contribution >= 4 is 5.91 Å². The highest BCUT2D eigenvalue weighted by Gasteiger charge is 2.14. The van der Waals surface area contributed by atoms with E-state index in [4.69, 9.17) is 0 Å². The fraction of sp³-hybridized carbons (Fsp3) is 0.190. The summed E-state index contributed by atoms with van der Waals surface area (Å²) in [4.78, 5) is 23.0. The number of hydrogen-bond acceptors (Lipinski definition) is 3. The van der Waals surface area contributed by atoms with Gasteiger partial charge >= 0.3 is 0 Å². The van der Waals surface area contributed by atoms with Crippen LogP contribution in [0.15, 0.2) is 60.9 Å². The molecule has 0 aliphatic rings. The highest BCUT2D eigenvalue weighted by Crippen LogP contribution is 2.16. The zero-order valence-electron chi connectivity index (χ0n) is 14.7. The molecule has 0 bridgehead atoms. The SMILES string of the molecule is Cc1ccc(CN(C)C(=O)c2cnc(-c3ccccc3)nc2)c(C)c1. The summed E-state index contributed by atoms with van der Waals surface area (Å²) in [6.45, 7) is 4.70. The second-order valence-corrected chi connectivity index (χ2v) is 6.25. The molecule has 0 spiro atoms. The van der Waals surface area contributed by atoms with Crippen LogP contribution >= 0.6 is 0 Å². The Hall–Kier alpha value is -3.01. The second kappa shape index (κ2) is 7.26. The van der Waals surface area contributed by atoms with Gasteiger partial charge in [-0.3, -0.25) is 4.79 Å². The molecule has 0 saturated carbocycles. The average Bonchev–Trinajstić information content (AvgIpc) is 2.64. The maximum Gasteiger partial charge on any atom is 0.257 e. The fourth-order valence-electron chi connectivity index (χ4n) is 2.75.